The van der Waals surface area contributed by atoms with Crippen LogP contribution >= 0.6 is 11.3 Å². The molecular weight excluding hydrogens is 301 g/mol. The van der Waals surface area contributed by atoms with Crippen LogP contribution in [0.5, 0.6) is 0 Å². The molecule has 2 rings (SSSR count). The quantitative estimate of drug-likeness (QED) is 0.842. The summed E-state index contributed by atoms with van der Waals surface area (Å²) in [5.74, 6) is 0. The van der Waals surface area contributed by atoms with Crippen LogP contribution in [-0.2, 0) is 16.6 Å². The zero-order chi connectivity index (χ0) is 14.1. The normalized spacial score (nSPS) is 16.8. The van der Waals surface area contributed by atoms with Gasteiger partial charge in [0.05, 0.1) is 4.90 Å². The fourth-order valence-corrected chi connectivity index (χ4v) is 3.63. The topological polar surface area (TPSA) is 58.2 Å². The Kier molecular flexibility index (Phi) is 4.19. The second kappa shape index (κ2) is 5.39. The summed E-state index contributed by atoms with van der Waals surface area (Å²) in [6.45, 7) is -1.01. The number of thiophene rings is 1. The molecule has 0 aromatic carbocycles. The number of sulfonamides is 1. The van der Waals surface area contributed by atoms with Gasteiger partial charge in [0.15, 0.2) is 0 Å². The van der Waals surface area contributed by atoms with Crippen molar-refractivity contribution in [2.75, 3.05) is 6.54 Å². The minimum Gasteiger partial charge on any atom is -0.309 e. The lowest BCUT2D eigenvalue weighted by Crippen LogP contribution is -2.33. The maximum atomic E-state index is 12.0. The van der Waals surface area contributed by atoms with Crippen LogP contribution in [0, 0.1) is 0 Å². The lowest BCUT2D eigenvalue weighted by atomic mass is 10.4. The molecule has 0 saturated heterocycles. The van der Waals surface area contributed by atoms with Gasteiger partial charge in [0.2, 0.25) is 10.0 Å². The van der Waals surface area contributed by atoms with E-state index in [0.717, 1.165) is 17.7 Å². The van der Waals surface area contributed by atoms with Gasteiger partial charge in [-0.15, -0.1) is 11.3 Å². The van der Waals surface area contributed by atoms with Crippen LogP contribution in [0.15, 0.2) is 16.3 Å². The van der Waals surface area contributed by atoms with Crippen LogP contribution in [-0.4, -0.2) is 27.2 Å². The highest BCUT2D eigenvalue weighted by Crippen LogP contribution is 2.23. The Balaban J connectivity index is 1.95. The molecule has 1 aliphatic rings. The van der Waals surface area contributed by atoms with Crippen LogP contribution in [0.4, 0.5) is 13.2 Å². The van der Waals surface area contributed by atoms with Gasteiger partial charge in [-0.05, 0) is 18.9 Å². The van der Waals surface area contributed by atoms with Gasteiger partial charge >= 0.3 is 6.18 Å². The van der Waals surface area contributed by atoms with Crippen molar-refractivity contribution in [1.29, 1.82) is 0 Å². The third kappa shape index (κ3) is 4.75. The van der Waals surface area contributed by atoms with Gasteiger partial charge in [-0.3, -0.25) is 0 Å². The number of alkyl halides is 3. The Morgan fingerprint density at radius 3 is 2.63 bits per heavy atom. The first-order valence-electron chi connectivity index (χ1n) is 5.63. The number of halogens is 3. The van der Waals surface area contributed by atoms with Crippen molar-refractivity contribution in [3.05, 3.63) is 16.3 Å². The molecule has 1 heterocycles. The van der Waals surface area contributed by atoms with Crippen molar-refractivity contribution in [2.24, 2.45) is 0 Å². The Morgan fingerprint density at radius 1 is 1.37 bits per heavy atom. The van der Waals surface area contributed by atoms with Crippen molar-refractivity contribution in [3.63, 3.8) is 0 Å². The molecule has 19 heavy (non-hydrogen) atoms. The first-order valence-corrected chi connectivity index (χ1v) is 8.00. The standard InChI is InChI=1S/C10H13F3N2O2S2/c11-10(12,13)6-15-19(16,17)9-3-8(18-5-9)4-14-7-1-2-7/h3,5,7,14-15H,1-2,4,6H2. The van der Waals surface area contributed by atoms with Crippen LogP contribution in [0.1, 0.15) is 17.7 Å². The van der Waals surface area contributed by atoms with E-state index < -0.39 is 22.7 Å². The average molecular weight is 314 g/mol. The second-order valence-corrected chi connectivity index (χ2v) is 7.11. The van der Waals surface area contributed by atoms with Gasteiger partial charge in [-0.2, -0.15) is 13.2 Å². The smallest absolute Gasteiger partial charge is 0.309 e. The van der Waals surface area contributed by atoms with Gasteiger partial charge in [-0.25, -0.2) is 13.1 Å². The van der Waals surface area contributed by atoms with E-state index in [2.05, 4.69) is 5.32 Å². The Morgan fingerprint density at radius 2 is 2.05 bits per heavy atom. The first-order chi connectivity index (χ1) is 8.76. The summed E-state index contributed by atoms with van der Waals surface area (Å²) in [6.07, 6.45) is -2.33. The van der Waals surface area contributed by atoms with Crippen molar-refractivity contribution < 1.29 is 21.6 Å². The van der Waals surface area contributed by atoms with E-state index in [0.29, 0.717) is 12.6 Å². The highest BCUT2D eigenvalue weighted by molar-refractivity contribution is 7.89. The van der Waals surface area contributed by atoms with Crippen molar-refractivity contribution >= 4 is 21.4 Å². The molecule has 0 amide bonds. The molecule has 108 valence electrons. The minimum absolute atomic E-state index is 0.116. The summed E-state index contributed by atoms with van der Waals surface area (Å²) >= 11 is 1.22. The number of rotatable bonds is 6. The summed E-state index contributed by atoms with van der Waals surface area (Å²) in [5, 5.41) is 4.56. The minimum atomic E-state index is -4.56. The highest BCUT2D eigenvalue weighted by atomic mass is 32.2. The van der Waals surface area contributed by atoms with Gasteiger partial charge in [0, 0.05) is 22.8 Å². The van der Waals surface area contributed by atoms with Gasteiger partial charge in [0.25, 0.3) is 0 Å². The van der Waals surface area contributed by atoms with Gasteiger partial charge < -0.3 is 5.32 Å². The molecular formula is C10H13F3N2O2S2. The summed E-state index contributed by atoms with van der Waals surface area (Å²) in [5.41, 5.74) is 0. The Labute approximate surface area is 113 Å². The third-order valence-corrected chi connectivity index (χ3v) is 5.01. The molecule has 1 saturated carbocycles. The maximum absolute atomic E-state index is 12.0. The molecule has 0 atom stereocenters. The van der Waals surface area contributed by atoms with E-state index in [1.165, 1.54) is 27.5 Å². The third-order valence-electron chi connectivity index (χ3n) is 2.54. The zero-order valence-electron chi connectivity index (χ0n) is 9.83. The molecule has 1 aromatic rings. The first kappa shape index (κ1) is 14.8. The molecule has 0 radical (unpaired) electrons. The largest absolute Gasteiger partial charge is 0.402 e. The summed E-state index contributed by atoms with van der Waals surface area (Å²) in [6, 6.07) is 1.89. The molecule has 2 N–H and O–H groups in total. The molecule has 9 heteroatoms. The van der Waals surface area contributed by atoms with Crippen LogP contribution < -0.4 is 10.0 Å². The zero-order valence-corrected chi connectivity index (χ0v) is 11.5. The van der Waals surface area contributed by atoms with Gasteiger partial charge in [0.1, 0.15) is 6.54 Å². The maximum Gasteiger partial charge on any atom is 0.402 e. The van der Waals surface area contributed by atoms with E-state index in [1.54, 1.807) is 0 Å². The van der Waals surface area contributed by atoms with E-state index in [-0.39, 0.29) is 4.90 Å². The monoisotopic (exact) mass is 314 g/mol. The van der Waals surface area contributed by atoms with Crippen molar-refractivity contribution in [1.82, 2.24) is 10.0 Å². The fraction of sp³-hybridized carbons (Fsp3) is 0.600. The molecule has 0 bridgehead atoms. The molecule has 4 nitrogen and oxygen atoms in total. The predicted octanol–water partition coefficient (Wildman–Crippen LogP) is 1.84. The number of hydrogen-bond donors (Lipinski definition) is 2. The van der Waals surface area contributed by atoms with E-state index in [4.69, 9.17) is 0 Å². The molecule has 0 aliphatic heterocycles. The fourth-order valence-electron chi connectivity index (χ4n) is 1.39. The van der Waals surface area contributed by atoms with Crippen LogP contribution in [0.3, 0.4) is 0 Å². The molecule has 0 spiro atoms. The van der Waals surface area contributed by atoms with E-state index in [9.17, 15) is 21.6 Å². The lowest BCUT2D eigenvalue weighted by molar-refractivity contribution is -0.121. The van der Waals surface area contributed by atoms with Crippen LogP contribution in [0.2, 0.25) is 0 Å². The molecule has 0 unspecified atom stereocenters. The molecule has 1 fully saturated rings. The number of nitrogens with one attached hydrogen (secondary N) is 2. The average Bonchev–Trinajstić information content (AvgIpc) is 3.00. The van der Waals surface area contributed by atoms with Crippen molar-refractivity contribution in [3.8, 4) is 0 Å². The number of hydrogen-bond acceptors (Lipinski definition) is 4. The second-order valence-electron chi connectivity index (χ2n) is 4.34. The summed E-state index contributed by atoms with van der Waals surface area (Å²) < 4.78 is 60.7. The van der Waals surface area contributed by atoms with Crippen LogP contribution in [0.25, 0.3) is 0 Å². The Bertz CT molecular complexity index is 535. The molecule has 1 aliphatic carbocycles. The van der Waals surface area contributed by atoms with Crippen molar-refractivity contribution in [2.45, 2.75) is 36.5 Å². The summed E-state index contributed by atoms with van der Waals surface area (Å²) in [7, 11) is -4.08. The van der Waals surface area contributed by atoms with E-state index in [1.807, 2.05) is 0 Å². The van der Waals surface area contributed by atoms with Gasteiger partial charge in [-0.1, -0.05) is 0 Å². The predicted molar refractivity (Wildman–Crippen MR) is 65.4 cm³/mol. The summed E-state index contributed by atoms with van der Waals surface area (Å²) in [4.78, 5) is 0.675. The molecule has 1 aromatic heterocycles. The van der Waals surface area contributed by atoms with E-state index >= 15 is 0 Å². The lowest BCUT2D eigenvalue weighted by Gasteiger charge is -2.07. The SMILES string of the molecule is O=S(=O)(NCC(F)(F)F)c1csc(CNC2CC2)c1. The highest BCUT2D eigenvalue weighted by Gasteiger charge is 2.30. The Hall–Kier alpha value is -0.640.